The summed E-state index contributed by atoms with van der Waals surface area (Å²) in [7, 11) is 3.20. The van der Waals surface area contributed by atoms with Gasteiger partial charge in [0.2, 0.25) is 5.13 Å². The van der Waals surface area contributed by atoms with E-state index in [1.165, 1.54) is 16.9 Å². The van der Waals surface area contributed by atoms with E-state index < -0.39 is 0 Å². The van der Waals surface area contributed by atoms with E-state index in [0.717, 1.165) is 10.6 Å². The van der Waals surface area contributed by atoms with Gasteiger partial charge in [-0.25, -0.2) is 0 Å². The van der Waals surface area contributed by atoms with E-state index in [9.17, 15) is 4.79 Å². The van der Waals surface area contributed by atoms with Gasteiger partial charge in [-0.05, 0) is 40.8 Å². The normalized spacial score (nSPS) is 11.1. The zero-order chi connectivity index (χ0) is 22.4. The van der Waals surface area contributed by atoms with Crippen LogP contribution < -0.4 is 19.5 Å². The second-order valence-corrected chi connectivity index (χ2v) is 9.04. The van der Waals surface area contributed by atoms with E-state index in [1.54, 1.807) is 14.2 Å². The standard InChI is InChI=1S/C23H27N3O4S/c1-23(2,3)16-7-9-17(10-8-16)30-14-20(27)24-22-26-25-21(31-22)13-15-6-11-18(28-4)19(12-15)29-5/h6-12H,13-14H2,1-5H3,(H,24,26,27). The highest BCUT2D eigenvalue weighted by Gasteiger charge is 2.14. The lowest BCUT2D eigenvalue weighted by molar-refractivity contribution is -0.118. The number of carbonyl (C=O) groups is 1. The number of aromatic nitrogens is 2. The van der Waals surface area contributed by atoms with E-state index >= 15 is 0 Å². The topological polar surface area (TPSA) is 82.6 Å². The van der Waals surface area contributed by atoms with Crippen molar-refractivity contribution in [3.63, 3.8) is 0 Å². The highest BCUT2D eigenvalue weighted by Crippen LogP contribution is 2.29. The molecule has 2 aromatic carbocycles. The van der Waals surface area contributed by atoms with Crippen molar-refractivity contribution in [2.24, 2.45) is 0 Å². The third-order valence-electron chi connectivity index (χ3n) is 4.61. The fourth-order valence-electron chi connectivity index (χ4n) is 2.90. The van der Waals surface area contributed by atoms with Gasteiger partial charge in [-0.1, -0.05) is 50.3 Å². The summed E-state index contributed by atoms with van der Waals surface area (Å²) in [6.07, 6.45) is 0.574. The number of hydrogen-bond acceptors (Lipinski definition) is 7. The summed E-state index contributed by atoms with van der Waals surface area (Å²) in [5.74, 6) is 1.69. The van der Waals surface area contributed by atoms with Crippen LogP contribution in [0, 0.1) is 0 Å². The van der Waals surface area contributed by atoms with Crippen molar-refractivity contribution in [2.45, 2.75) is 32.6 Å². The average Bonchev–Trinajstić information content (AvgIpc) is 3.18. The van der Waals surface area contributed by atoms with E-state index in [4.69, 9.17) is 14.2 Å². The minimum atomic E-state index is -0.284. The van der Waals surface area contributed by atoms with Gasteiger partial charge in [0.05, 0.1) is 14.2 Å². The summed E-state index contributed by atoms with van der Waals surface area (Å²) in [5.41, 5.74) is 2.29. The summed E-state index contributed by atoms with van der Waals surface area (Å²) in [6, 6.07) is 13.5. The first-order valence-electron chi connectivity index (χ1n) is 9.85. The Kier molecular flexibility index (Phi) is 7.12. The van der Waals surface area contributed by atoms with Crippen LogP contribution in [0.1, 0.15) is 36.9 Å². The molecular formula is C23H27N3O4S. The molecule has 8 heteroatoms. The zero-order valence-corrected chi connectivity index (χ0v) is 19.2. The van der Waals surface area contributed by atoms with Crippen LogP contribution in [0.4, 0.5) is 5.13 Å². The van der Waals surface area contributed by atoms with Crippen molar-refractivity contribution in [1.82, 2.24) is 10.2 Å². The number of hydrogen-bond donors (Lipinski definition) is 1. The molecule has 0 aliphatic rings. The van der Waals surface area contributed by atoms with Crippen LogP contribution in [0.5, 0.6) is 17.2 Å². The zero-order valence-electron chi connectivity index (χ0n) is 18.4. The lowest BCUT2D eigenvalue weighted by Gasteiger charge is -2.19. The summed E-state index contributed by atoms with van der Waals surface area (Å²) >= 11 is 1.32. The van der Waals surface area contributed by atoms with Gasteiger partial charge in [-0.15, -0.1) is 10.2 Å². The molecule has 1 aromatic heterocycles. The first kappa shape index (κ1) is 22.6. The number of methoxy groups -OCH3 is 2. The average molecular weight is 442 g/mol. The van der Waals surface area contributed by atoms with Crippen LogP contribution >= 0.6 is 11.3 Å². The number of benzene rings is 2. The minimum absolute atomic E-state index is 0.0718. The van der Waals surface area contributed by atoms with Crippen LogP contribution in [-0.4, -0.2) is 36.9 Å². The smallest absolute Gasteiger partial charge is 0.264 e. The third-order valence-corrected chi connectivity index (χ3v) is 5.45. The highest BCUT2D eigenvalue weighted by atomic mass is 32.1. The molecule has 0 fully saturated rings. The molecule has 0 spiro atoms. The van der Waals surface area contributed by atoms with Crippen molar-refractivity contribution >= 4 is 22.4 Å². The molecule has 0 saturated carbocycles. The number of rotatable bonds is 8. The second-order valence-electron chi connectivity index (χ2n) is 7.98. The number of carbonyl (C=O) groups excluding carboxylic acids is 1. The molecule has 0 unspecified atom stereocenters. The fraction of sp³-hybridized carbons (Fsp3) is 0.348. The second kappa shape index (κ2) is 9.78. The van der Waals surface area contributed by atoms with E-state index in [-0.39, 0.29) is 17.9 Å². The Bertz CT molecular complexity index is 1030. The summed E-state index contributed by atoms with van der Waals surface area (Å²) in [4.78, 5) is 12.2. The number of ether oxygens (including phenoxy) is 3. The number of amides is 1. The van der Waals surface area contributed by atoms with Crippen LogP contribution in [0.2, 0.25) is 0 Å². The Morgan fingerprint density at radius 2 is 1.71 bits per heavy atom. The van der Waals surface area contributed by atoms with Crippen molar-refractivity contribution in [3.05, 3.63) is 58.6 Å². The van der Waals surface area contributed by atoms with Gasteiger partial charge in [0.15, 0.2) is 18.1 Å². The van der Waals surface area contributed by atoms with Crippen molar-refractivity contribution in [2.75, 3.05) is 26.1 Å². The van der Waals surface area contributed by atoms with Gasteiger partial charge < -0.3 is 14.2 Å². The molecule has 0 aliphatic carbocycles. The molecule has 31 heavy (non-hydrogen) atoms. The van der Waals surface area contributed by atoms with Gasteiger partial charge in [0.1, 0.15) is 10.8 Å². The van der Waals surface area contributed by atoms with Crippen LogP contribution in [0.15, 0.2) is 42.5 Å². The van der Waals surface area contributed by atoms with Gasteiger partial charge in [-0.3, -0.25) is 10.1 Å². The molecule has 164 valence electrons. The van der Waals surface area contributed by atoms with Crippen LogP contribution in [-0.2, 0) is 16.6 Å². The predicted octanol–water partition coefficient (Wildman–Crippen LogP) is 4.46. The molecule has 1 N–H and O–H groups in total. The summed E-state index contributed by atoms with van der Waals surface area (Å²) in [6.45, 7) is 6.35. The molecular weight excluding hydrogens is 414 g/mol. The maximum absolute atomic E-state index is 12.2. The molecule has 0 aliphatic heterocycles. The van der Waals surface area contributed by atoms with Crippen molar-refractivity contribution < 1.29 is 19.0 Å². The van der Waals surface area contributed by atoms with Gasteiger partial charge in [0, 0.05) is 6.42 Å². The first-order chi connectivity index (χ1) is 14.8. The van der Waals surface area contributed by atoms with Gasteiger partial charge in [0.25, 0.3) is 5.91 Å². The third kappa shape index (κ3) is 6.18. The van der Waals surface area contributed by atoms with Crippen LogP contribution in [0.3, 0.4) is 0 Å². The Morgan fingerprint density at radius 3 is 2.35 bits per heavy atom. The molecule has 0 saturated heterocycles. The fourth-order valence-corrected chi connectivity index (χ4v) is 3.69. The molecule has 3 rings (SSSR count). The highest BCUT2D eigenvalue weighted by molar-refractivity contribution is 7.15. The number of nitrogens with zero attached hydrogens (tertiary/aromatic N) is 2. The molecule has 0 bridgehead atoms. The minimum Gasteiger partial charge on any atom is -0.493 e. The maximum Gasteiger partial charge on any atom is 0.264 e. The first-order valence-corrected chi connectivity index (χ1v) is 10.7. The molecule has 1 heterocycles. The molecule has 1 amide bonds. The quantitative estimate of drug-likeness (QED) is 0.556. The van der Waals surface area contributed by atoms with Gasteiger partial charge in [-0.2, -0.15) is 0 Å². The molecule has 7 nitrogen and oxygen atoms in total. The van der Waals surface area contributed by atoms with Crippen LogP contribution in [0.25, 0.3) is 0 Å². The number of nitrogens with one attached hydrogen (secondary N) is 1. The van der Waals surface area contributed by atoms with E-state index in [1.807, 2.05) is 42.5 Å². The molecule has 0 radical (unpaired) electrons. The van der Waals surface area contributed by atoms with Crippen molar-refractivity contribution in [1.29, 1.82) is 0 Å². The maximum atomic E-state index is 12.2. The van der Waals surface area contributed by atoms with Gasteiger partial charge >= 0.3 is 0 Å². The summed E-state index contributed by atoms with van der Waals surface area (Å²) in [5, 5.41) is 12.1. The lowest BCUT2D eigenvalue weighted by atomic mass is 9.87. The predicted molar refractivity (Wildman–Crippen MR) is 122 cm³/mol. The van der Waals surface area contributed by atoms with E-state index in [2.05, 4.69) is 36.3 Å². The van der Waals surface area contributed by atoms with E-state index in [0.29, 0.717) is 28.8 Å². The largest absolute Gasteiger partial charge is 0.493 e. The Labute approximate surface area is 186 Å². The Hall–Kier alpha value is -3.13. The van der Waals surface area contributed by atoms with Crippen molar-refractivity contribution in [3.8, 4) is 17.2 Å². The molecule has 3 aromatic rings. The summed E-state index contributed by atoms with van der Waals surface area (Å²) < 4.78 is 16.2. The molecule has 0 atom stereocenters. The lowest BCUT2D eigenvalue weighted by Crippen LogP contribution is -2.20. The number of anilines is 1. The SMILES string of the molecule is COc1ccc(Cc2nnc(NC(=O)COc3ccc(C(C)(C)C)cc3)s2)cc1OC. The monoisotopic (exact) mass is 441 g/mol. The Morgan fingerprint density at radius 1 is 1.00 bits per heavy atom. The Balaban J connectivity index is 1.53.